The number of pyridine rings is 1. The summed E-state index contributed by atoms with van der Waals surface area (Å²) in [5, 5.41) is 0.698. The van der Waals surface area contributed by atoms with Crippen molar-refractivity contribution in [2.45, 2.75) is 13.2 Å². The number of hydrogen-bond acceptors (Lipinski definition) is 3. The molecule has 0 radical (unpaired) electrons. The van der Waals surface area contributed by atoms with Gasteiger partial charge in [-0.2, -0.15) is 0 Å². The van der Waals surface area contributed by atoms with Gasteiger partial charge in [-0.3, -0.25) is 4.98 Å². The summed E-state index contributed by atoms with van der Waals surface area (Å²) >= 11 is 5.94. The maximum Gasteiger partial charge on any atom is 0.201 e. The molecule has 1 fully saturated rings. The lowest BCUT2D eigenvalue weighted by Crippen LogP contribution is -2.03. The highest BCUT2D eigenvalue weighted by atomic mass is 35.5. The summed E-state index contributed by atoms with van der Waals surface area (Å²) in [5.74, 6) is 0. The molecule has 1 aliphatic heterocycles. The molecule has 0 aromatic carbocycles. The molecular formula is C9H10ClNO2. The lowest BCUT2D eigenvalue weighted by molar-refractivity contribution is -0.0477. The number of hydrogen-bond donors (Lipinski definition) is 0. The fraction of sp³-hybridized carbons (Fsp3) is 0.444. The normalized spacial score (nSPS) is 18.0. The molecule has 0 aliphatic carbocycles. The Morgan fingerprint density at radius 1 is 1.46 bits per heavy atom. The molecule has 0 N–H and O–H groups in total. The Morgan fingerprint density at radius 3 is 2.85 bits per heavy atom. The predicted octanol–water partition coefficient (Wildman–Crippen LogP) is 2.09. The van der Waals surface area contributed by atoms with Crippen LogP contribution in [-0.2, 0) is 9.47 Å². The molecule has 4 heteroatoms. The van der Waals surface area contributed by atoms with E-state index in [1.54, 1.807) is 12.3 Å². The summed E-state index contributed by atoms with van der Waals surface area (Å²) in [5.41, 5.74) is 1.71. The van der Waals surface area contributed by atoms with Gasteiger partial charge in [-0.05, 0) is 18.6 Å². The summed E-state index contributed by atoms with van der Waals surface area (Å²) in [4.78, 5) is 4.19. The molecule has 0 atom stereocenters. The van der Waals surface area contributed by atoms with Gasteiger partial charge in [-0.15, -0.1) is 0 Å². The molecule has 1 aromatic rings. The minimum absolute atomic E-state index is 0.335. The van der Waals surface area contributed by atoms with Crippen molar-refractivity contribution >= 4 is 11.6 Å². The Bertz CT molecular complexity index is 310. The lowest BCUT2D eigenvalue weighted by Gasteiger charge is -2.11. The first-order valence-electron chi connectivity index (χ1n) is 4.13. The summed E-state index contributed by atoms with van der Waals surface area (Å²) in [6.45, 7) is 3.16. The Kier molecular flexibility index (Phi) is 2.49. The zero-order chi connectivity index (χ0) is 9.26. The molecule has 3 nitrogen and oxygen atoms in total. The molecule has 70 valence electrons. The largest absolute Gasteiger partial charge is 0.345 e. The van der Waals surface area contributed by atoms with Crippen molar-refractivity contribution in [3.63, 3.8) is 0 Å². The van der Waals surface area contributed by atoms with Crippen LogP contribution in [0.3, 0.4) is 0 Å². The number of halogens is 1. The molecule has 13 heavy (non-hydrogen) atoms. The second kappa shape index (κ2) is 3.62. The predicted molar refractivity (Wildman–Crippen MR) is 48.6 cm³/mol. The van der Waals surface area contributed by atoms with Gasteiger partial charge in [-0.1, -0.05) is 11.6 Å². The Morgan fingerprint density at radius 2 is 2.15 bits per heavy atom. The summed E-state index contributed by atoms with van der Waals surface area (Å²) in [7, 11) is 0. The van der Waals surface area contributed by atoms with Crippen LogP contribution in [0.1, 0.15) is 17.5 Å². The highest BCUT2D eigenvalue weighted by Gasteiger charge is 2.22. The van der Waals surface area contributed by atoms with E-state index in [0.717, 1.165) is 11.3 Å². The van der Waals surface area contributed by atoms with Crippen molar-refractivity contribution in [3.05, 3.63) is 28.5 Å². The maximum absolute atomic E-state index is 5.94. The van der Waals surface area contributed by atoms with Gasteiger partial charge in [0, 0.05) is 11.2 Å². The third kappa shape index (κ3) is 1.68. The van der Waals surface area contributed by atoms with E-state index in [-0.39, 0.29) is 6.29 Å². The zero-order valence-corrected chi connectivity index (χ0v) is 8.04. The van der Waals surface area contributed by atoms with Crippen molar-refractivity contribution < 1.29 is 9.47 Å². The number of nitrogens with zero attached hydrogens (tertiary/aromatic N) is 1. The summed E-state index contributed by atoms with van der Waals surface area (Å²) in [6.07, 6.45) is 1.33. The van der Waals surface area contributed by atoms with E-state index < -0.39 is 0 Å². The van der Waals surface area contributed by atoms with Gasteiger partial charge in [-0.25, -0.2) is 0 Å². The second-order valence-electron chi connectivity index (χ2n) is 2.88. The topological polar surface area (TPSA) is 31.4 Å². The SMILES string of the molecule is Cc1c(Cl)ccnc1C1OCCO1. The van der Waals surface area contributed by atoms with Gasteiger partial charge in [0.15, 0.2) is 0 Å². The van der Waals surface area contributed by atoms with Crippen LogP contribution < -0.4 is 0 Å². The first kappa shape index (κ1) is 8.94. The average molecular weight is 200 g/mol. The quantitative estimate of drug-likeness (QED) is 0.694. The molecule has 2 rings (SSSR count). The molecule has 0 saturated carbocycles. The van der Waals surface area contributed by atoms with Crippen molar-refractivity contribution in [3.8, 4) is 0 Å². The standard InChI is InChI=1S/C9H10ClNO2/c1-6-7(10)2-3-11-8(6)9-12-4-5-13-9/h2-3,9H,4-5H2,1H3. The summed E-state index contributed by atoms with van der Waals surface area (Å²) in [6, 6.07) is 1.76. The molecular weight excluding hydrogens is 190 g/mol. The lowest BCUT2D eigenvalue weighted by atomic mass is 10.2. The molecule has 1 aromatic heterocycles. The van der Waals surface area contributed by atoms with Crippen LogP contribution in [0.15, 0.2) is 12.3 Å². The van der Waals surface area contributed by atoms with Crippen molar-refractivity contribution in [1.82, 2.24) is 4.98 Å². The van der Waals surface area contributed by atoms with Gasteiger partial charge in [0.2, 0.25) is 6.29 Å². The Labute approximate surface area is 81.6 Å². The van der Waals surface area contributed by atoms with E-state index in [1.165, 1.54) is 0 Å². The Balaban J connectivity index is 2.33. The van der Waals surface area contributed by atoms with E-state index in [1.807, 2.05) is 6.92 Å². The van der Waals surface area contributed by atoms with Gasteiger partial charge in [0.05, 0.1) is 13.2 Å². The molecule has 1 aliphatic rings. The molecule has 2 heterocycles. The zero-order valence-electron chi connectivity index (χ0n) is 7.29. The van der Waals surface area contributed by atoms with Gasteiger partial charge >= 0.3 is 0 Å². The first-order chi connectivity index (χ1) is 6.29. The number of aromatic nitrogens is 1. The summed E-state index contributed by atoms with van der Waals surface area (Å²) < 4.78 is 10.7. The van der Waals surface area contributed by atoms with Crippen LogP contribution in [0, 0.1) is 6.92 Å². The van der Waals surface area contributed by atoms with Crippen molar-refractivity contribution in [2.75, 3.05) is 13.2 Å². The van der Waals surface area contributed by atoms with E-state index in [4.69, 9.17) is 21.1 Å². The number of rotatable bonds is 1. The minimum Gasteiger partial charge on any atom is -0.345 e. The second-order valence-corrected chi connectivity index (χ2v) is 3.28. The van der Waals surface area contributed by atoms with Gasteiger partial charge in [0.25, 0.3) is 0 Å². The number of ether oxygens (including phenoxy) is 2. The average Bonchev–Trinajstić information content (AvgIpc) is 2.62. The molecule has 0 amide bonds. The fourth-order valence-electron chi connectivity index (χ4n) is 1.28. The van der Waals surface area contributed by atoms with Gasteiger partial charge in [0.1, 0.15) is 5.69 Å². The van der Waals surface area contributed by atoms with E-state index in [0.29, 0.717) is 18.2 Å². The van der Waals surface area contributed by atoms with Crippen LogP contribution in [0.2, 0.25) is 5.02 Å². The van der Waals surface area contributed by atoms with Gasteiger partial charge < -0.3 is 9.47 Å². The van der Waals surface area contributed by atoms with E-state index in [2.05, 4.69) is 4.98 Å². The maximum atomic E-state index is 5.94. The van der Waals surface area contributed by atoms with Crippen LogP contribution in [0.5, 0.6) is 0 Å². The molecule has 0 unspecified atom stereocenters. The third-order valence-corrected chi connectivity index (χ3v) is 2.43. The van der Waals surface area contributed by atoms with Crippen molar-refractivity contribution in [1.29, 1.82) is 0 Å². The highest BCUT2D eigenvalue weighted by Crippen LogP contribution is 2.27. The highest BCUT2D eigenvalue weighted by molar-refractivity contribution is 6.31. The first-order valence-corrected chi connectivity index (χ1v) is 4.51. The smallest absolute Gasteiger partial charge is 0.201 e. The third-order valence-electron chi connectivity index (χ3n) is 2.02. The van der Waals surface area contributed by atoms with Crippen LogP contribution in [0.25, 0.3) is 0 Å². The van der Waals surface area contributed by atoms with Crippen LogP contribution >= 0.6 is 11.6 Å². The van der Waals surface area contributed by atoms with E-state index in [9.17, 15) is 0 Å². The van der Waals surface area contributed by atoms with E-state index >= 15 is 0 Å². The molecule has 0 bridgehead atoms. The molecule has 0 spiro atoms. The van der Waals surface area contributed by atoms with Crippen LogP contribution in [-0.4, -0.2) is 18.2 Å². The minimum atomic E-state index is -0.335. The Hall–Kier alpha value is -0.640. The van der Waals surface area contributed by atoms with Crippen molar-refractivity contribution in [2.24, 2.45) is 0 Å². The van der Waals surface area contributed by atoms with Crippen LogP contribution in [0.4, 0.5) is 0 Å². The molecule has 1 saturated heterocycles. The monoisotopic (exact) mass is 199 g/mol. The fourth-order valence-corrected chi connectivity index (χ4v) is 1.43.